The number of hydrogen-bond acceptors (Lipinski definition) is 1. The Bertz CT molecular complexity index is 407. The molecule has 0 aromatic heterocycles. The van der Waals surface area contributed by atoms with Crippen molar-refractivity contribution in [3.05, 3.63) is 41.0 Å². The van der Waals surface area contributed by atoms with Crippen LogP contribution in [0.4, 0.5) is 0 Å². The van der Waals surface area contributed by atoms with Crippen LogP contribution < -0.4 is 0 Å². The van der Waals surface area contributed by atoms with Crippen molar-refractivity contribution in [2.24, 2.45) is 4.99 Å². The number of benzene rings is 1. The fourth-order valence-corrected chi connectivity index (χ4v) is 1.44. The van der Waals surface area contributed by atoms with E-state index in [-0.39, 0.29) is 0 Å². The predicted molar refractivity (Wildman–Crippen MR) is 68.4 cm³/mol. The maximum absolute atomic E-state index is 4.51. The first-order chi connectivity index (χ1) is 7.04. The highest BCUT2D eigenvalue weighted by atomic mass is 14.7. The average molecular weight is 201 g/mol. The molecule has 0 aliphatic rings. The summed E-state index contributed by atoms with van der Waals surface area (Å²) in [6.45, 7) is 10.3. The van der Waals surface area contributed by atoms with Gasteiger partial charge in [-0.25, -0.2) is 0 Å². The van der Waals surface area contributed by atoms with Gasteiger partial charge in [-0.1, -0.05) is 18.2 Å². The standard InChI is InChI=1S/C14H19N/c1-6-14(15-10(2)3)13-8-7-11(4)12(5)9-13/h6-9H,1-5H3/b14-6-. The van der Waals surface area contributed by atoms with Crippen LogP contribution in [0.2, 0.25) is 0 Å². The second kappa shape index (κ2) is 4.92. The number of allylic oxidation sites excluding steroid dienone is 1. The molecule has 1 rings (SSSR count). The third-order valence-corrected chi connectivity index (χ3v) is 2.42. The molecule has 0 aliphatic carbocycles. The van der Waals surface area contributed by atoms with Crippen molar-refractivity contribution in [3.63, 3.8) is 0 Å². The topological polar surface area (TPSA) is 12.4 Å². The molecule has 0 saturated carbocycles. The second-order valence-electron chi connectivity index (χ2n) is 4.03. The fourth-order valence-electron chi connectivity index (χ4n) is 1.44. The quantitative estimate of drug-likeness (QED) is 0.637. The monoisotopic (exact) mass is 201 g/mol. The van der Waals surface area contributed by atoms with Crippen LogP contribution in [-0.2, 0) is 0 Å². The molecular formula is C14H19N. The summed E-state index contributed by atoms with van der Waals surface area (Å²) in [4.78, 5) is 4.51. The molecule has 0 heterocycles. The zero-order valence-electron chi connectivity index (χ0n) is 10.3. The Hall–Kier alpha value is -1.37. The van der Waals surface area contributed by atoms with Gasteiger partial charge < -0.3 is 0 Å². The molecule has 0 N–H and O–H groups in total. The third-order valence-electron chi connectivity index (χ3n) is 2.42. The van der Waals surface area contributed by atoms with Crippen LogP contribution in [0.15, 0.2) is 29.3 Å². The summed E-state index contributed by atoms with van der Waals surface area (Å²) in [5.74, 6) is 0. The molecule has 0 fully saturated rings. The van der Waals surface area contributed by atoms with Gasteiger partial charge in [0, 0.05) is 11.3 Å². The molecule has 1 aromatic rings. The molecule has 1 nitrogen and oxygen atoms in total. The maximum Gasteiger partial charge on any atom is 0.0658 e. The Morgan fingerprint density at radius 3 is 2.27 bits per heavy atom. The Morgan fingerprint density at radius 2 is 1.80 bits per heavy atom. The lowest BCUT2D eigenvalue weighted by Gasteiger charge is -2.06. The highest BCUT2D eigenvalue weighted by Gasteiger charge is 2.00. The van der Waals surface area contributed by atoms with Gasteiger partial charge in [-0.2, -0.15) is 0 Å². The number of aryl methyl sites for hydroxylation is 2. The van der Waals surface area contributed by atoms with Gasteiger partial charge in [-0.3, -0.25) is 4.99 Å². The van der Waals surface area contributed by atoms with E-state index < -0.39 is 0 Å². The van der Waals surface area contributed by atoms with Gasteiger partial charge in [0.15, 0.2) is 0 Å². The zero-order chi connectivity index (χ0) is 11.4. The summed E-state index contributed by atoms with van der Waals surface area (Å²) in [5, 5.41) is 0. The fraction of sp³-hybridized carbons (Fsp3) is 0.357. The number of hydrogen-bond donors (Lipinski definition) is 0. The molecule has 1 heteroatoms. The molecule has 0 aliphatic heterocycles. The van der Waals surface area contributed by atoms with Crippen molar-refractivity contribution in [1.29, 1.82) is 0 Å². The SMILES string of the molecule is C/C=C(\N=C(C)C)c1ccc(C)c(C)c1. The molecule has 15 heavy (non-hydrogen) atoms. The van der Waals surface area contributed by atoms with Crippen LogP contribution in [-0.4, -0.2) is 5.71 Å². The Kier molecular flexibility index (Phi) is 3.84. The van der Waals surface area contributed by atoms with Crippen LogP contribution in [0.25, 0.3) is 5.70 Å². The number of aliphatic imine (C=N–C) groups is 1. The van der Waals surface area contributed by atoms with Gasteiger partial charge in [-0.05, 0) is 51.8 Å². The highest BCUT2D eigenvalue weighted by molar-refractivity contribution is 5.86. The maximum atomic E-state index is 4.51. The van der Waals surface area contributed by atoms with Gasteiger partial charge in [0.1, 0.15) is 0 Å². The van der Waals surface area contributed by atoms with Gasteiger partial charge in [0.05, 0.1) is 5.70 Å². The van der Waals surface area contributed by atoms with Crippen LogP contribution in [0.3, 0.4) is 0 Å². The van der Waals surface area contributed by atoms with E-state index in [9.17, 15) is 0 Å². The van der Waals surface area contributed by atoms with E-state index in [1.165, 1.54) is 16.7 Å². The van der Waals surface area contributed by atoms with Crippen molar-refractivity contribution < 1.29 is 0 Å². The summed E-state index contributed by atoms with van der Waals surface area (Å²) in [5.41, 5.74) is 5.98. The third kappa shape index (κ3) is 3.05. The number of nitrogens with zero attached hydrogens (tertiary/aromatic N) is 1. The first-order valence-electron chi connectivity index (χ1n) is 5.30. The molecule has 0 bridgehead atoms. The largest absolute Gasteiger partial charge is 0.258 e. The van der Waals surface area contributed by atoms with Crippen molar-refractivity contribution >= 4 is 11.4 Å². The predicted octanol–water partition coefficient (Wildman–Crippen LogP) is 4.15. The minimum absolute atomic E-state index is 1.05. The molecule has 0 spiro atoms. The van der Waals surface area contributed by atoms with E-state index >= 15 is 0 Å². The van der Waals surface area contributed by atoms with Gasteiger partial charge in [0.25, 0.3) is 0 Å². The smallest absolute Gasteiger partial charge is 0.0658 e. The van der Waals surface area contributed by atoms with Crippen molar-refractivity contribution in [1.82, 2.24) is 0 Å². The van der Waals surface area contributed by atoms with Gasteiger partial charge in [0.2, 0.25) is 0 Å². The van der Waals surface area contributed by atoms with Crippen LogP contribution in [0.1, 0.15) is 37.5 Å². The molecule has 0 unspecified atom stereocenters. The lowest BCUT2D eigenvalue weighted by molar-refractivity contribution is 1.32. The zero-order valence-corrected chi connectivity index (χ0v) is 10.3. The average Bonchev–Trinajstić information content (AvgIpc) is 2.18. The van der Waals surface area contributed by atoms with Gasteiger partial charge in [-0.15, -0.1) is 0 Å². The van der Waals surface area contributed by atoms with E-state index in [1.54, 1.807) is 0 Å². The minimum atomic E-state index is 1.05. The van der Waals surface area contributed by atoms with E-state index in [4.69, 9.17) is 0 Å². The minimum Gasteiger partial charge on any atom is -0.258 e. The normalized spacial score (nSPS) is 11.4. The molecule has 0 saturated heterocycles. The molecule has 80 valence electrons. The Morgan fingerprint density at radius 1 is 1.13 bits per heavy atom. The second-order valence-corrected chi connectivity index (χ2v) is 4.03. The molecule has 0 radical (unpaired) electrons. The molecule has 0 atom stereocenters. The Labute approximate surface area is 92.6 Å². The Balaban J connectivity index is 3.15. The summed E-state index contributed by atoms with van der Waals surface area (Å²) < 4.78 is 0. The highest BCUT2D eigenvalue weighted by Crippen LogP contribution is 2.19. The van der Waals surface area contributed by atoms with E-state index in [0.717, 1.165) is 11.4 Å². The summed E-state index contributed by atoms with van der Waals surface area (Å²) in [6, 6.07) is 6.47. The molecule has 0 amide bonds. The van der Waals surface area contributed by atoms with Crippen LogP contribution >= 0.6 is 0 Å². The van der Waals surface area contributed by atoms with Crippen molar-refractivity contribution in [2.75, 3.05) is 0 Å². The first kappa shape index (κ1) is 11.7. The van der Waals surface area contributed by atoms with E-state index in [0.29, 0.717) is 0 Å². The molecular weight excluding hydrogens is 182 g/mol. The van der Waals surface area contributed by atoms with Crippen molar-refractivity contribution in [3.8, 4) is 0 Å². The van der Waals surface area contributed by atoms with Crippen LogP contribution in [0.5, 0.6) is 0 Å². The van der Waals surface area contributed by atoms with Crippen molar-refractivity contribution in [2.45, 2.75) is 34.6 Å². The lowest BCUT2D eigenvalue weighted by atomic mass is 10.0. The first-order valence-corrected chi connectivity index (χ1v) is 5.30. The molecule has 1 aromatic carbocycles. The van der Waals surface area contributed by atoms with E-state index in [1.807, 2.05) is 20.8 Å². The summed E-state index contributed by atoms with van der Waals surface area (Å²) in [7, 11) is 0. The lowest BCUT2D eigenvalue weighted by Crippen LogP contribution is -1.88. The van der Waals surface area contributed by atoms with Gasteiger partial charge >= 0.3 is 0 Å². The van der Waals surface area contributed by atoms with E-state index in [2.05, 4.69) is 43.1 Å². The number of rotatable bonds is 2. The summed E-state index contributed by atoms with van der Waals surface area (Å²) >= 11 is 0. The van der Waals surface area contributed by atoms with Crippen LogP contribution in [0, 0.1) is 13.8 Å². The summed E-state index contributed by atoms with van der Waals surface area (Å²) in [6.07, 6.45) is 2.05.